The minimum Gasteiger partial charge on any atom is -0.478 e. The van der Waals surface area contributed by atoms with Crippen LogP contribution in [-0.4, -0.2) is 37.2 Å². The first-order chi connectivity index (χ1) is 15.6. The van der Waals surface area contributed by atoms with Crippen molar-refractivity contribution in [2.75, 3.05) is 6.54 Å². The molecule has 0 aromatic heterocycles. The Bertz CT molecular complexity index is 1250. The number of halogens is 2. The van der Waals surface area contributed by atoms with Crippen LogP contribution in [0.2, 0.25) is 10.0 Å². The Hall–Kier alpha value is -2.42. The molecule has 0 saturated carbocycles. The number of nitrogens with one attached hydrogen (secondary N) is 1. The molecule has 0 saturated heterocycles. The molecule has 0 fully saturated rings. The Morgan fingerprint density at radius 1 is 1.00 bits per heavy atom. The zero-order valence-electron chi connectivity index (χ0n) is 17.7. The van der Waals surface area contributed by atoms with Crippen LogP contribution in [0.1, 0.15) is 34.5 Å². The standard InChI is InChI=1S/C24H23Cl2NO5S/c1-15(27-14-22(28)17-3-2-4-18(25)12-17)11-16-5-8-20(9-6-16)33(31,32)23-13-19(26)7-10-21(23)24(29)30/h2-10,12-13,15,22,27-28H,11,14H2,1H3,(H,29,30)/t15-,22-/m1/s1. The molecule has 0 amide bonds. The van der Waals surface area contributed by atoms with E-state index in [4.69, 9.17) is 23.2 Å². The molecule has 0 aliphatic rings. The molecule has 2 atom stereocenters. The summed E-state index contributed by atoms with van der Waals surface area (Å²) in [6.45, 7) is 2.29. The van der Waals surface area contributed by atoms with Gasteiger partial charge in [0.05, 0.1) is 21.5 Å². The van der Waals surface area contributed by atoms with E-state index in [1.807, 2.05) is 6.92 Å². The van der Waals surface area contributed by atoms with Gasteiger partial charge in [0.2, 0.25) is 9.84 Å². The van der Waals surface area contributed by atoms with Crippen LogP contribution in [0.5, 0.6) is 0 Å². The number of carboxylic acid groups (broad SMARTS) is 1. The molecular formula is C24H23Cl2NO5S. The highest BCUT2D eigenvalue weighted by Crippen LogP contribution is 2.27. The van der Waals surface area contributed by atoms with E-state index in [-0.39, 0.29) is 26.4 Å². The van der Waals surface area contributed by atoms with Gasteiger partial charge in [0.25, 0.3) is 0 Å². The lowest BCUT2D eigenvalue weighted by atomic mass is 10.1. The zero-order chi connectivity index (χ0) is 24.2. The molecule has 0 heterocycles. The second kappa shape index (κ2) is 10.7. The first kappa shape index (κ1) is 25.2. The van der Waals surface area contributed by atoms with Crippen molar-refractivity contribution < 1.29 is 23.4 Å². The van der Waals surface area contributed by atoms with Gasteiger partial charge in [-0.1, -0.05) is 47.5 Å². The third-order valence-electron chi connectivity index (χ3n) is 5.13. The van der Waals surface area contributed by atoms with E-state index in [1.165, 1.54) is 24.3 Å². The molecule has 0 bridgehead atoms. The minimum atomic E-state index is -4.06. The van der Waals surface area contributed by atoms with Crippen molar-refractivity contribution in [2.24, 2.45) is 0 Å². The summed E-state index contributed by atoms with van der Waals surface area (Å²) in [4.78, 5) is 11.1. The van der Waals surface area contributed by atoms with Gasteiger partial charge in [-0.3, -0.25) is 0 Å². The number of carboxylic acids is 1. The van der Waals surface area contributed by atoms with Crippen LogP contribution in [0.15, 0.2) is 76.5 Å². The third-order valence-corrected chi connectivity index (χ3v) is 7.41. The predicted octanol–water partition coefficient (Wildman–Crippen LogP) is 4.78. The van der Waals surface area contributed by atoms with Gasteiger partial charge >= 0.3 is 5.97 Å². The minimum absolute atomic E-state index is 0.00725. The lowest BCUT2D eigenvalue weighted by Gasteiger charge is -2.18. The number of aliphatic hydroxyl groups excluding tert-OH is 1. The van der Waals surface area contributed by atoms with Crippen molar-refractivity contribution in [3.05, 3.63) is 93.5 Å². The molecule has 174 valence electrons. The summed E-state index contributed by atoms with van der Waals surface area (Å²) in [5, 5.41) is 23.6. The van der Waals surface area contributed by atoms with Crippen LogP contribution in [0.4, 0.5) is 0 Å². The Kier molecular flexibility index (Phi) is 8.15. The van der Waals surface area contributed by atoms with Crippen LogP contribution in [0, 0.1) is 0 Å². The van der Waals surface area contributed by atoms with E-state index in [0.29, 0.717) is 18.0 Å². The normalized spacial score (nSPS) is 13.5. The summed E-state index contributed by atoms with van der Waals surface area (Å²) >= 11 is 11.9. The van der Waals surface area contributed by atoms with E-state index in [9.17, 15) is 23.4 Å². The summed E-state index contributed by atoms with van der Waals surface area (Å²) in [6, 6.07) is 17.0. The number of rotatable bonds is 9. The van der Waals surface area contributed by atoms with Gasteiger partial charge in [-0.25, -0.2) is 13.2 Å². The molecule has 0 spiro atoms. The van der Waals surface area contributed by atoms with Crippen LogP contribution < -0.4 is 5.32 Å². The summed E-state index contributed by atoms with van der Waals surface area (Å²) in [7, 11) is -4.06. The Morgan fingerprint density at radius 2 is 1.67 bits per heavy atom. The van der Waals surface area contributed by atoms with E-state index in [0.717, 1.165) is 17.2 Å². The van der Waals surface area contributed by atoms with Crippen molar-refractivity contribution in [1.29, 1.82) is 0 Å². The summed E-state index contributed by atoms with van der Waals surface area (Å²) < 4.78 is 26.0. The fourth-order valence-electron chi connectivity index (χ4n) is 3.40. The van der Waals surface area contributed by atoms with Gasteiger partial charge in [-0.05, 0) is 66.9 Å². The topological polar surface area (TPSA) is 104 Å². The smallest absolute Gasteiger partial charge is 0.337 e. The van der Waals surface area contributed by atoms with Gasteiger partial charge in [-0.2, -0.15) is 0 Å². The highest BCUT2D eigenvalue weighted by Gasteiger charge is 2.25. The molecule has 9 heteroatoms. The van der Waals surface area contributed by atoms with Crippen LogP contribution in [0.3, 0.4) is 0 Å². The van der Waals surface area contributed by atoms with E-state index >= 15 is 0 Å². The Labute approximate surface area is 202 Å². The maximum Gasteiger partial charge on any atom is 0.337 e. The van der Waals surface area contributed by atoms with Crippen molar-refractivity contribution >= 4 is 39.0 Å². The third kappa shape index (κ3) is 6.34. The molecule has 3 rings (SSSR count). The number of aliphatic hydroxyl groups is 1. The number of aromatic carboxylic acids is 1. The van der Waals surface area contributed by atoms with E-state index in [2.05, 4.69) is 5.32 Å². The van der Waals surface area contributed by atoms with E-state index < -0.39 is 21.9 Å². The number of benzene rings is 3. The largest absolute Gasteiger partial charge is 0.478 e. The molecular weight excluding hydrogens is 485 g/mol. The summed E-state index contributed by atoms with van der Waals surface area (Å²) in [5.74, 6) is -1.35. The van der Waals surface area contributed by atoms with Crippen LogP contribution in [-0.2, 0) is 16.3 Å². The maximum absolute atomic E-state index is 13.0. The fraction of sp³-hybridized carbons (Fsp3) is 0.208. The van der Waals surface area contributed by atoms with Crippen molar-refractivity contribution in [3.63, 3.8) is 0 Å². The molecule has 3 N–H and O–H groups in total. The number of hydrogen-bond acceptors (Lipinski definition) is 5. The number of hydrogen-bond donors (Lipinski definition) is 3. The average Bonchev–Trinajstić information content (AvgIpc) is 2.77. The van der Waals surface area contributed by atoms with Gasteiger partial charge in [0, 0.05) is 22.6 Å². The fourth-order valence-corrected chi connectivity index (χ4v) is 5.31. The van der Waals surface area contributed by atoms with Crippen molar-refractivity contribution in [1.82, 2.24) is 5.32 Å². The number of sulfone groups is 1. The molecule has 33 heavy (non-hydrogen) atoms. The average molecular weight is 508 g/mol. The second-order valence-electron chi connectivity index (χ2n) is 7.68. The molecule has 6 nitrogen and oxygen atoms in total. The summed E-state index contributed by atoms with van der Waals surface area (Å²) in [5.41, 5.74) is 1.27. The van der Waals surface area contributed by atoms with Gasteiger partial charge < -0.3 is 15.5 Å². The van der Waals surface area contributed by atoms with Gasteiger partial charge in [0.15, 0.2) is 0 Å². The molecule has 3 aromatic rings. The Morgan fingerprint density at radius 3 is 2.30 bits per heavy atom. The van der Waals surface area contributed by atoms with E-state index in [1.54, 1.807) is 36.4 Å². The molecule has 0 aliphatic heterocycles. The molecule has 0 radical (unpaired) electrons. The van der Waals surface area contributed by atoms with Crippen molar-refractivity contribution in [3.8, 4) is 0 Å². The first-order valence-electron chi connectivity index (χ1n) is 10.1. The predicted molar refractivity (Wildman–Crippen MR) is 128 cm³/mol. The summed E-state index contributed by atoms with van der Waals surface area (Å²) in [6.07, 6.45) is -0.111. The van der Waals surface area contributed by atoms with Crippen molar-refractivity contribution in [2.45, 2.75) is 35.3 Å². The first-order valence-corrected chi connectivity index (χ1v) is 12.4. The Balaban J connectivity index is 1.68. The quantitative estimate of drug-likeness (QED) is 0.385. The monoisotopic (exact) mass is 507 g/mol. The number of carbonyl (C=O) groups is 1. The van der Waals surface area contributed by atoms with Crippen LogP contribution >= 0.6 is 23.2 Å². The molecule has 0 aliphatic carbocycles. The van der Waals surface area contributed by atoms with Gasteiger partial charge in [0.1, 0.15) is 0 Å². The van der Waals surface area contributed by atoms with Crippen LogP contribution in [0.25, 0.3) is 0 Å². The molecule has 0 unspecified atom stereocenters. The highest BCUT2D eigenvalue weighted by atomic mass is 35.5. The second-order valence-corrected chi connectivity index (χ2v) is 10.5. The SMILES string of the molecule is C[C@H](Cc1ccc(S(=O)(=O)c2cc(Cl)ccc2C(=O)O)cc1)NC[C@@H](O)c1cccc(Cl)c1. The lowest BCUT2D eigenvalue weighted by Crippen LogP contribution is -2.32. The van der Waals surface area contributed by atoms with Gasteiger partial charge in [-0.15, -0.1) is 0 Å². The molecule has 3 aromatic carbocycles. The zero-order valence-corrected chi connectivity index (χ0v) is 20.0. The maximum atomic E-state index is 13.0. The lowest BCUT2D eigenvalue weighted by molar-refractivity contribution is 0.0692. The highest BCUT2D eigenvalue weighted by molar-refractivity contribution is 7.91.